The Balaban J connectivity index is 2.06. The van der Waals surface area contributed by atoms with E-state index in [0.717, 1.165) is 35.1 Å². The van der Waals surface area contributed by atoms with Crippen LogP contribution in [0.15, 0.2) is 36.4 Å². The molecule has 1 aliphatic carbocycles. The van der Waals surface area contributed by atoms with Crippen molar-refractivity contribution in [2.45, 2.75) is 92.0 Å². The molecule has 0 radical (unpaired) electrons. The second kappa shape index (κ2) is 11.8. The number of anilines is 1. The molecule has 1 saturated carbocycles. The minimum Gasteiger partial charge on any atom is -0.444 e. The fourth-order valence-electron chi connectivity index (χ4n) is 4.43. The molecule has 3 rings (SSSR count). The summed E-state index contributed by atoms with van der Waals surface area (Å²) in [7, 11) is 0. The molecule has 2 aromatic carbocycles. The predicted octanol–water partition coefficient (Wildman–Crippen LogP) is 6.49. The maximum atomic E-state index is 14.2. The van der Waals surface area contributed by atoms with Gasteiger partial charge in [0.05, 0.1) is 10.7 Å². The topological polar surface area (TPSA) is 87.7 Å². The van der Waals surface area contributed by atoms with Crippen molar-refractivity contribution >= 4 is 35.2 Å². The van der Waals surface area contributed by atoms with Crippen LogP contribution in [0.2, 0.25) is 5.02 Å². The summed E-state index contributed by atoms with van der Waals surface area (Å²) >= 11 is 6.44. The van der Waals surface area contributed by atoms with Gasteiger partial charge in [0, 0.05) is 6.04 Å². The van der Waals surface area contributed by atoms with Crippen molar-refractivity contribution in [1.29, 1.82) is 0 Å². The van der Waals surface area contributed by atoms with E-state index in [1.165, 1.54) is 0 Å². The molecule has 2 aromatic rings. The molecule has 38 heavy (non-hydrogen) atoms. The zero-order valence-electron chi connectivity index (χ0n) is 23.6. The number of aryl methyl sites for hydroxylation is 3. The van der Waals surface area contributed by atoms with Gasteiger partial charge in [-0.25, -0.2) is 4.79 Å². The van der Waals surface area contributed by atoms with E-state index >= 15 is 0 Å². The maximum Gasteiger partial charge on any atom is 0.408 e. The normalized spacial score (nSPS) is 15.0. The summed E-state index contributed by atoms with van der Waals surface area (Å²) in [6.07, 6.45) is 0.894. The van der Waals surface area contributed by atoms with Gasteiger partial charge in [-0.05, 0) is 83.1 Å². The Labute approximate surface area is 231 Å². The van der Waals surface area contributed by atoms with Crippen molar-refractivity contribution in [1.82, 2.24) is 10.2 Å². The molecule has 0 heterocycles. The molecule has 2 atom stereocenters. The Kier molecular flexibility index (Phi) is 9.13. The zero-order chi connectivity index (χ0) is 28.4. The van der Waals surface area contributed by atoms with Crippen LogP contribution < -0.4 is 10.6 Å². The average Bonchev–Trinajstić information content (AvgIpc) is 3.63. The van der Waals surface area contributed by atoms with Gasteiger partial charge < -0.3 is 20.3 Å². The number of rotatable bonds is 8. The Morgan fingerprint density at radius 1 is 1.03 bits per heavy atom. The van der Waals surface area contributed by atoms with Gasteiger partial charge in [0.1, 0.15) is 17.7 Å². The summed E-state index contributed by atoms with van der Waals surface area (Å²) in [4.78, 5) is 42.6. The fourth-order valence-corrected chi connectivity index (χ4v) is 4.70. The van der Waals surface area contributed by atoms with Crippen molar-refractivity contribution in [2.75, 3.05) is 5.32 Å². The van der Waals surface area contributed by atoms with Crippen molar-refractivity contribution in [3.05, 3.63) is 63.7 Å². The number of hydrogen-bond donors (Lipinski definition) is 2. The number of hydrogen-bond acceptors (Lipinski definition) is 4. The van der Waals surface area contributed by atoms with E-state index in [1.807, 2.05) is 65.0 Å². The first kappa shape index (κ1) is 29.5. The molecular formula is C30H40ClN3O4. The number of carbonyl (C=O) groups excluding carboxylic acids is 3. The number of benzene rings is 2. The molecule has 0 aliphatic heterocycles. The van der Waals surface area contributed by atoms with Gasteiger partial charge in [-0.15, -0.1) is 0 Å². The molecule has 0 spiro atoms. The Hall–Kier alpha value is -3.06. The van der Waals surface area contributed by atoms with Crippen LogP contribution in [0, 0.1) is 26.7 Å². The number of ether oxygens (including phenoxy) is 1. The van der Waals surface area contributed by atoms with Crippen LogP contribution in [0.4, 0.5) is 10.5 Å². The van der Waals surface area contributed by atoms with E-state index < -0.39 is 23.8 Å². The summed E-state index contributed by atoms with van der Waals surface area (Å²) in [6.45, 7) is 14.8. The molecule has 0 saturated heterocycles. The van der Waals surface area contributed by atoms with E-state index in [4.69, 9.17) is 16.3 Å². The quantitative estimate of drug-likeness (QED) is 0.400. The van der Waals surface area contributed by atoms with Gasteiger partial charge in [0.15, 0.2) is 0 Å². The summed E-state index contributed by atoms with van der Waals surface area (Å²) < 4.78 is 5.44. The third kappa shape index (κ3) is 7.28. The summed E-state index contributed by atoms with van der Waals surface area (Å²) in [5.74, 6) is -0.899. The van der Waals surface area contributed by atoms with Crippen molar-refractivity contribution in [3.63, 3.8) is 0 Å². The third-order valence-corrected chi connectivity index (χ3v) is 6.84. The van der Waals surface area contributed by atoms with Crippen LogP contribution in [0.5, 0.6) is 0 Å². The molecule has 2 N–H and O–H groups in total. The van der Waals surface area contributed by atoms with Gasteiger partial charge in [-0.1, -0.05) is 61.3 Å². The standard InChI is InChI=1S/C30H40ClN3O4/c1-17(2)24(33-29(37)38-30(6,7)8)28(36)34(21-14-15-21)26(22-16-18(3)12-13-19(22)4)27(35)32-25-20(5)10-9-11-23(25)31/h9-13,16-17,21,24,26H,14-15H2,1-8H3,(H,32,35)(H,33,37). The van der Waals surface area contributed by atoms with Crippen molar-refractivity contribution in [3.8, 4) is 0 Å². The number of para-hydroxylation sites is 1. The zero-order valence-corrected chi connectivity index (χ0v) is 24.4. The molecular weight excluding hydrogens is 502 g/mol. The second-order valence-corrected chi connectivity index (χ2v) is 11.9. The smallest absolute Gasteiger partial charge is 0.408 e. The number of alkyl carbamates (subject to hydrolysis) is 1. The molecule has 0 bridgehead atoms. The number of halogens is 1. The molecule has 0 aromatic heterocycles. The van der Waals surface area contributed by atoms with E-state index in [9.17, 15) is 14.4 Å². The maximum absolute atomic E-state index is 14.2. The predicted molar refractivity (Wildman–Crippen MR) is 151 cm³/mol. The monoisotopic (exact) mass is 541 g/mol. The van der Waals surface area contributed by atoms with Crippen LogP contribution in [0.3, 0.4) is 0 Å². The Morgan fingerprint density at radius 3 is 2.24 bits per heavy atom. The molecule has 1 fully saturated rings. The largest absolute Gasteiger partial charge is 0.444 e. The second-order valence-electron chi connectivity index (χ2n) is 11.5. The summed E-state index contributed by atoms with van der Waals surface area (Å²) in [5.41, 5.74) is 3.25. The van der Waals surface area contributed by atoms with E-state index in [1.54, 1.807) is 31.7 Å². The lowest BCUT2D eigenvalue weighted by Crippen LogP contribution is -2.55. The van der Waals surface area contributed by atoms with Gasteiger partial charge in [-0.2, -0.15) is 0 Å². The van der Waals surface area contributed by atoms with Gasteiger partial charge in [-0.3, -0.25) is 9.59 Å². The molecule has 2 unspecified atom stereocenters. The third-order valence-electron chi connectivity index (χ3n) is 6.53. The highest BCUT2D eigenvalue weighted by atomic mass is 35.5. The first-order valence-electron chi connectivity index (χ1n) is 13.1. The number of amides is 3. The van der Waals surface area contributed by atoms with Crippen LogP contribution in [-0.2, 0) is 14.3 Å². The van der Waals surface area contributed by atoms with E-state index in [2.05, 4.69) is 10.6 Å². The van der Waals surface area contributed by atoms with Gasteiger partial charge in [0.2, 0.25) is 5.91 Å². The minimum atomic E-state index is -0.910. The number of carbonyl (C=O) groups is 3. The molecule has 7 nitrogen and oxygen atoms in total. The highest BCUT2D eigenvalue weighted by Gasteiger charge is 2.45. The number of nitrogens with zero attached hydrogens (tertiary/aromatic N) is 1. The minimum absolute atomic E-state index is 0.118. The van der Waals surface area contributed by atoms with Crippen LogP contribution in [0.25, 0.3) is 0 Å². The summed E-state index contributed by atoms with van der Waals surface area (Å²) in [6, 6.07) is 9.42. The average molecular weight is 542 g/mol. The Morgan fingerprint density at radius 2 is 1.68 bits per heavy atom. The van der Waals surface area contributed by atoms with Crippen LogP contribution in [-0.4, -0.2) is 40.5 Å². The summed E-state index contributed by atoms with van der Waals surface area (Å²) in [5, 5.41) is 6.20. The SMILES string of the molecule is Cc1ccc(C)c(C(C(=O)Nc2c(C)cccc2Cl)N(C(=O)C(NC(=O)OC(C)(C)C)C(C)C)C2CC2)c1. The van der Waals surface area contributed by atoms with Crippen LogP contribution in [0.1, 0.15) is 75.8 Å². The lowest BCUT2D eigenvalue weighted by molar-refractivity contribution is -0.142. The lowest BCUT2D eigenvalue weighted by Gasteiger charge is -2.36. The van der Waals surface area contributed by atoms with Crippen molar-refractivity contribution in [2.24, 2.45) is 5.92 Å². The fraction of sp³-hybridized carbons (Fsp3) is 0.500. The molecule has 1 aliphatic rings. The van der Waals surface area contributed by atoms with Gasteiger partial charge in [0.25, 0.3) is 5.91 Å². The molecule has 8 heteroatoms. The van der Waals surface area contributed by atoms with Crippen LogP contribution >= 0.6 is 11.6 Å². The first-order valence-corrected chi connectivity index (χ1v) is 13.5. The highest BCUT2D eigenvalue weighted by Crippen LogP contribution is 2.38. The first-order chi connectivity index (χ1) is 17.7. The lowest BCUT2D eigenvalue weighted by atomic mass is 9.94. The van der Waals surface area contributed by atoms with Crippen molar-refractivity contribution < 1.29 is 19.1 Å². The Bertz CT molecular complexity index is 1180. The number of nitrogens with one attached hydrogen (secondary N) is 2. The van der Waals surface area contributed by atoms with E-state index in [0.29, 0.717) is 10.7 Å². The van der Waals surface area contributed by atoms with E-state index in [-0.39, 0.29) is 23.8 Å². The highest BCUT2D eigenvalue weighted by molar-refractivity contribution is 6.34. The van der Waals surface area contributed by atoms with Gasteiger partial charge >= 0.3 is 6.09 Å². The molecule has 3 amide bonds. The molecule has 206 valence electrons.